The molecule has 0 aliphatic heterocycles. The van der Waals surface area contributed by atoms with Crippen LogP contribution in [-0.4, -0.2) is 29.0 Å². The normalized spacial score (nSPS) is 11.5. The number of nitrogens with one attached hydrogen (secondary N) is 1. The third-order valence-corrected chi connectivity index (χ3v) is 4.34. The van der Waals surface area contributed by atoms with Crippen LogP contribution in [0.3, 0.4) is 0 Å². The van der Waals surface area contributed by atoms with Crippen molar-refractivity contribution in [2.75, 3.05) is 7.11 Å². The molecular formula is C22H23N3O3. The summed E-state index contributed by atoms with van der Waals surface area (Å²) < 4.78 is 11.0. The molecule has 0 fully saturated rings. The van der Waals surface area contributed by atoms with Crippen LogP contribution in [0.15, 0.2) is 60.9 Å². The molecule has 3 rings (SSSR count). The fourth-order valence-electron chi connectivity index (χ4n) is 2.55. The van der Waals surface area contributed by atoms with Crippen molar-refractivity contribution in [1.29, 1.82) is 0 Å². The number of carbonyl (C=O) groups is 1. The Hall–Kier alpha value is -3.41. The van der Waals surface area contributed by atoms with Crippen molar-refractivity contribution < 1.29 is 14.3 Å². The van der Waals surface area contributed by atoms with Gasteiger partial charge in [0.2, 0.25) is 5.88 Å². The highest BCUT2D eigenvalue weighted by atomic mass is 16.5. The molecule has 0 saturated heterocycles. The van der Waals surface area contributed by atoms with E-state index in [1.54, 1.807) is 37.4 Å². The van der Waals surface area contributed by atoms with Gasteiger partial charge in [-0.25, -0.2) is 9.97 Å². The van der Waals surface area contributed by atoms with Gasteiger partial charge in [0.05, 0.1) is 12.8 Å². The zero-order chi connectivity index (χ0) is 19.9. The summed E-state index contributed by atoms with van der Waals surface area (Å²) >= 11 is 0. The van der Waals surface area contributed by atoms with Gasteiger partial charge in [-0.3, -0.25) is 4.79 Å². The molecule has 1 aromatic heterocycles. The summed E-state index contributed by atoms with van der Waals surface area (Å²) in [5.41, 5.74) is 2.20. The van der Waals surface area contributed by atoms with Crippen LogP contribution in [-0.2, 0) is 0 Å². The average molecular weight is 377 g/mol. The minimum atomic E-state index is -0.124. The van der Waals surface area contributed by atoms with Crippen LogP contribution in [0.2, 0.25) is 0 Å². The van der Waals surface area contributed by atoms with Crippen LogP contribution in [0.1, 0.15) is 30.6 Å². The predicted octanol–water partition coefficient (Wildman–Crippen LogP) is 4.47. The van der Waals surface area contributed by atoms with Gasteiger partial charge in [0.1, 0.15) is 17.8 Å². The van der Waals surface area contributed by atoms with E-state index in [1.165, 1.54) is 6.33 Å². The molecule has 6 heteroatoms. The molecule has 0 radical (unpaired) electrons. The number of benzene rings is 2. The molecule has 0 saturated carbocycles. The second-order valence-corrected chi connectivity index (χ2v) is 6.38. The van der Waals surface area contributed by atoms with Crippen molar-refractivity contribution in [3.63, 3.8) is 0 Å². The van der Waals surface area contributed by atoms with Crippen LogP contribution in [0.4, 0.5) is 0 Å². The third kappa shape index (κ3) is 4.85. The van der Waals surface area contributed by atoms with Crippen LogP contribution < -0.4 is 14.8 Å². The second-order valence-electron chi connectivity index (χ2n) is 6.38. The molecule has 3 aromatic rings. The highest BCUT2D eigenvalue weighted by molar-refractivity contribution is 5.94. The summed E-state index contributed by atoms with van der Waals surface area (Å²) in [5, 5.41) is 2.95. The minimum absolute atomic E-state index is 0.117. The molecule has 0 bridgehead atoms. The fraction of sp³-hybridized carbons (Fsp3) is 0.227. The Morgan fingerprint density at radius 1 is 1.07 bits per heavy atom. The number of carbonyl (C=O) groups excluding carboxylic acids is 1. The number of rotatable bonds is 7. The van der Waals surface area contributed by atoms with Gasteiger partial charge in [-0.05, 0) is 55.8 Å². The first-order chi connectivity index (χ1) is 13.6. The van der Waals surface area contributed by atoms with E-state index in [0.29, 0.717) is 17.2 Å². The first-order valence-corrected chi connectivity index (χ1v) is 9.14. The fourth-order valence-corrected chi connectivity index (χ4v) is 2.55. The Bertz CT molecular complexity index is 942. The molecule has 0 unspecified atom stereocenters. The van der Waals surface area contributed by atoms with Gasteiger partial charge >= 0.3 is 0 Å². The molecule has 2 aromatic carbocycles. The van der Waals surface area contributed by atoms with Gasteiger partial charge < -0.3 is 14.8 Å². The summed E-state index contributed by atoms with van der Waals surface area (Å²) in [5.74, 6) is 1.60. The quantitative estimate of drug-likeness (QED) is 0.657. The Morgan fingerprint density at radius 3 is 2.57 bits per heavy atom. The standard InChI is InChI=1S/C22H23N3O3/c1-4-15(2)25-22(26)17-6-5-7-19(12-17)28-21-13-20(23-14-24-21)16-8-10-18(27-3)11-9-16/h5-15H,4H2,1-3H3,(H,25,26)/t15-/m1/s1. The molecule has 28 heavy (non-hydrogen) atoms. The van der Waals surface area contributed by atoms with Crippen LogP contribution in [0.25, 0.3) is 11.3 Å². The highest BCUT2D eigenvalue weighted by Crippen LogP contribution is 2.25. The SMILES string of the molecule is CC[C@@H](C)NC(=O)c1cccc(Oc2cc(-c3ccc(OC)cc3)ncn2)c1. The van der Waals surface area contributed by atoms with Gasteiger partial charge in [-0.2, -0.15) is 0 Å². The molecule has 6 nitrogen and oxygen atoms in total. The first-order valence-electron chi connectivity index (χ1n) is 9.14. The molecule has 0 spiro atoms. The molecule has 1 amide bonds. The van der Waals surface area contributed by atoms with Gasteiger partial charge in [-0.1, -0.05) is 13.0 Å². The lowest BCUT2D eigenvalue weighted by atomic mass is 10.1. The van der Waals surface area contributed by atoms with Crippen LogP contribution in [0, 0.1) is 0 Å². The molecular weight excluding hydrogens is 354 g/mol. The number of methoxy groups -OCH3 is 1. The molecule has 1 N–H and O–H groups in total. The molecule has 144 valence electrons. The van der Waals surface area contributed by atoms with E-state index in [1.807, 2.05) is 38.1 Å². The van der Waals surface area contributed by atoms with E-state index in [-0.39, 0.29) is 11.9 Å². The van der Waals surface area contributed by atoms with E-state index in [2.05, 4.69) is 15.3 Å². The molecule has 1 atom stereocenters. The van der Waals surface area contributed by atoms with Crippen LogP contribution in [0.5, 0.6) is 17.4 Å². The van der Waals surface area contributed by atoms with Crippen molar-refractivity contribution in [2.45, 2.75) is 26.3 Å². The third-order valence-electron chi connectivity index (χ3n) is 4.34. The highest BCUT2D eigenvalue weighted by Gasteiger charge is 2.10. The van der Waals surface area contributed by atoms with Gasteiger partial charge in [0.25, 0.3) is 5.91 Å². The Labute approximate surface area is 164 Å². The van der Waals surface area contributed by atoms with Crippen LogP contribution >= 0.6 is 0 Å². The number of hydrogen-bond donors (Lipinski definition) is 1. The summed E-state index contributed by atoms with van der Waals surface area (Å²) in [6.07, 6.45) is 2.32. The number of hydrogen-bond acceptors (Lipinski definition) is 5. The molecule has 0 aliphatic carbocycles. The van der Waals surface area contributed by atoms with Gasteiger partial charge in [0, 0.05) is 23.2 Å². The lowest BCUT2D eigenvalue weighted by Crippen LogP contribution is -2.31. The average Bonchev–Trinajstić information content (AvgIpc) is 2.74. The van der Waals surface area contributed by atoms with Gasteiger partial charge in [-0.15, -0.1) is 0 Å². The van der Waals surface area contributed by atoms with Crippen molar-refractivity contribution >= 4 is 5.91 Å². The Balaban J connectivity index is 1.77. The lowest BCUT2D eigenvalue weighted by Gasteiger charge is -2.12. The second kappa shape index (κ2) is 8.99. The maximum Gasteiger partial charge on any atom is 0.251 e. The van der Waals surface area contributed by atoms with Crippen molar-refractivity contribution in [3.05, 3.63) is 66.5 Å². The largest absolute Gasteiger partial charge is 0.497 e. The summed E-state index contributed by atoms with van der Waals surface area (Å²) in [4.78, 5) is 20.8. The van der Waals surface area contributed by atoms with Crippen molar-refractivity contribution in [1.82, 2.24) is 15.3 Å². The van der Waals surface area contributed by atoms with Gasteiger partial charge in [0.15, 0.2) is 0 Å². The number of nitrogens with zero attached hydrogens (tertiary/aromatic N) is 2. The predicted molar refractivity (Wildman–Crippen MR) is 108 cm³/mol. The minimum Gasteiger partial charge on any atom is -0.497 e. The maximum absolute atomic E-state index is 12.3. The Morgan fingerprint density at radius 2 is 1.86 bits per heavy atom. The first kappa shape index (κ1) is 19.4. The van der Waals surface area contributed by atoms with E-state index in [4.69, 9.17) is 9.47 Å². The zero-order valence-electron chi connectivity index (χ0n) is 16.2. The van der Waals surface area contributed by atoms with E-state index < -0.39 is 0 Å². The van der Waals surface area contributed by atoms with Crippen molar-refractivity contribution in [2.24, 2.45) is 0 Å². The van der Waals surface area contributed by atoms with Crippen molar-refractivity contribution in [3.8, 4) is 28.6 Å². The summed E-state index contributed by atoms with van der Waals surface area (Å²) in [6, 6.07) is 16.5. The lowest BCUT2D eigenvalue weighted by molar-refractivity contribution is 0.0939. The number of ether oxygens (including phenoxy) is 2. The van der Waals surface area contributed by atoms with E-state index in [9.17, 15) is 4.79 Å². The maximum atomic E-state index is 12.3. The van der Waals surface area contributed by atoms with E-state index >= 15 is 0 Å². The smallest absolute Gasteiger partial charge is 0.251 e. The Kier molecular flexibility index (Phi) is 6.22. The molecule has 0 aliphatic rings. The topological polar surface area (TPSA) is 73.3 Å². The summed E-state index contributed by atoms with van der Waals surface area (Å²) in [6.45, 7) is 4.00. The number of aromatic nitrogens is 2. The monoisotopic (exact) mass is 377 g/mol. The van der Waals surface area contributed by atoms with E-state index in [0.717, 1.165) is 23.4 Å². The molecule has 1 heterocycles. The number of amides is 1. The summed E-state index contributed by atoms with van der Waals surface area (Å²) in [7, 11) is 1.63. The zero-order valence-corrected chi connectivity index (χ0v) is 16.2.